The van der Waals surface area contributed by atoms with E-state index in [0.717, 1.165) is 12.8 Å². The average Bonchev–Trinajstić information content (AvgIpc) is 1.81. The Morgan fingerprint density at radius 2 is 2.38 bits per heavy atom. The molecule has 0 rings (SSSR count). The van der Waals surface area contributed by atoms with Gasteiger partial charge in [0.15, 0.2) is 0 Å². The van der Waals surface area contributed by atoms with E-state index in [9.17, 15) is 0 Å². The predicted octanol–water partition coefficient (Wildman–Crippen LogP) is 0.840. The molecule has 0 fully saturated rings. The van der Waals surface area contributed by atoms with Gasteiger partial charge in [-0.1, -0.05) is 19.4 Å². The fraction of sp³-hybridized carbons (Fsp3) is 0.667. The number of unbranched alkanes of at least 4 members (excludes halogenated alkanes) is 1. The Morgan fingerprint density at radius 1 is 1.62 bits per heavy atom. The van der Waals surface area contributed by atoms with Gasteiger partial charge in [0.2, 0.25) is 0 Å². The quantitative estimate of drug-likeness (QED) is 0.532. The smallest absolute Gasteiger partial charge is 0.112 e. The minimum absolute atomic E-state index is 0.0280. The van der Waals surface area contributed by atoms with Gasteiger partial charge in [0.25, 0.3) is 0 Å². The molecule has 0 saturated carbocycles. The highest BCUT2D eigenvalue weighted by atomic mass is 16.3. The maximum Gasteiger partial charge on any atom is 0.112 e. The van der Waals surface area contributed by atoms with Crippen molar-refractivity contribution in [1.29, 1.82) is 0 Å². The van der Waals surface area contributed by atoms with Crippen LogP contribution in [0.25, 0.3) is 0 Å². The van der Waals surface area contributed by atoms with E-state index in [0.29, 0.717) is 0 Å². The fourth-order valence-corrected chi connectivity index (χ4v) is 0.386. The normalized spacial score (nSPS) is 10.2. The van der Waals surface area contributed by atoms with Crippen molar-refractivity contribution in [2.24, 2.45) is 0 Å². The number of hydrogen-bond donors (Lipinski definition) is 2. The first kappa shape index (κ1) is 7.50. The molecule has 0 aromatic rings. The molecule has 2 heteroatoms. The van der Waals surface area contributed by atoms with Crippen molar-refractivity contribution in [3.63, 3.8) is 0 Å². The summed E-state index contributed by atoms with van der Waals surface area (Å²) in [5, 5.41) is 10.9. The van der Waals surface area contributed by atoms with Gasteiger partial charge in [0.1, 0.15) is 6.73 Å². The zero-order valence-corrected chi connectivity index (χ0v) is 5.22. The van der Waals surface area contributed by atoms with Crippen LogP contribution in [0.2, 0.25) is 0 Å². The van der Waals surface area contributed by atoms with Crippen molar-refractivity contribution in [2.45, 2.75) is 19.8 Å². The molecule has 0 aromatic heterocycles. The third-order valence-corrected chi connectivity index (χ3v) is 0.782. The van der Waals surface area contributed by atoms with Crippen LogP contribution in [0.4, 0.5) is 0 Å². The van der Waals surface area contributed by atoms with E-state index in [-0.39, 0.29) is 6.73 Å². The first-order chi connectivity index (χ1) is 3.91. The monoisotopic (exact) mass is 115 g/mol. The number of aliphatic hydroxyl groups is 1. The lowest BCUT2D eigenvalue weighted by Gasteiger charge is -1.88. The van der Waals surface area contributed by atoms with Gasteiger partial charge in [0, 0.05) is 0 Å². The molecule has 0 amide bonds. The van der Waals surface area contributed by atoms with Crippen LogP contribution in [0.5, 0.6) is 0 Å². The molecule has 0 aliphatic rings. The van der Waals surface area contributed by atoms with Gasteiger partial charge in [-0.25, -0.2) is 0 Å². The van der Waals surface area contributed by atoms with Gasteiger partial charge in [-0.05, 0) is 12.6 Å². The molecule has 2 N–H and O–H groups in total. The molecular weight excluding hydrogens is 102 g/mol. The Morgan fingerprint density at radius 3 is 2.88 bits per heavy atom. The number of rotatable bonds is 4. The lowest BCUT2D eigenvalue weighted by molar-refractivity contribution is 0.279. The molecule has 0 saturated heterocycles. The van der Waals surface area contributed by atoms with Gasteiger partial charge in [-0.2, -0.15) is 0 Å². The Labute approximate surface area is 50.2 Å². The van der Waals surface area contributed by atoms with E-state index in [2.05, 4.69) is 12.2 Å². The largest absolute Gasteiger partial charge is 0.377 e. The minimum atomic E-state index is 0.0280. The van der Waals surface area contributed by atoms with Crippen molar-refractivity contribution >= 4 is 0 Å². The van der Waals surface area contributed by atoms with Crippen molar-refractivity contribution in [3.8, 4) is 0 Å². The van der Waals surface area contributed by atoms with E-state index >= 15 is 0 Å². The third-order valence-electron chi connectivity index (χ3n) is 0.782. The fourth-order valence-electron chi connectivity index (χ4n) is 0.386. The summed E-state index contributed by atoms with van der Waals surface area (Å²) in [7, 11) is 0. The van der Waals surface area contributed by atoms with Crippen LogP contribution in [-0.2, 0) is 0 Å². The summed E-state index contributed by atoms with van der Waals surface area (Å²) >= 11 is 0. The third kappa shape index (κ3) is 5.50. The second-order valence-electron chi connectivity index (χ2n) is 1.55. The zero-order valence-electron chi connectivity index (χ0n) is 5.22. The molecule has 0 atom stereocenters. The summed E-state index contributed by atoms with van der Waals surface area (Å²) < 4.78 is 0. The summed E-state index contributed by atoms with van der Waals surface area (Å²) in [6, 6.07) is 0. The number of nitrogens with one attached hydrogen (secondary N) is 1. The van der Waals surface area contributed by atoms with Crippen molar-refractivity contribution < 1.29 is 5.11 Å². The van der Waals surface area contributed by atoms with Crippen LogP contribution in [0.15, 0.2) is 12.3 Å². The van der Waals surface area contributed by atoms with Gasteiger partial charge in [0.05, 0.1) is 0 Å². The molecule has 0 unspecified atom stereocenters. The van der Waals surface area contributed by atoms with E-state index < -0.39 is 0 Å². The first-order valence-electron chi connectivity index (χ1n) is 2.91. The topological polar surface area (TPSA) is 32.3 Å². The van der Waals surface area contributed by atoms with Crippen LogP contribution < -0.4 is 5.32 Å². The van der Waals surface area contributed by atoms with Gasteiger partial charge in [-0.3, -0.25) is 0 Å². The summed E-state index contributed by atoms with van der Waals surface area (Å²) in [6.07, 6.45) is 6.00. The Hall–Kier alpha value is -0.500. The molecular formula is C6H13NO. The van der Waals surface area contributed by atoms with Crippen LogP contribution >= 0.6 is 0 Å². The summed E-state index contributed by atoms with van der Waals surface area (Å²) in [6.45, 7) is 2.14. The number of allylic oxidation sites excluding steroid dienone is 1. The lowest BCUT2D eigenvalue weighted by Crippen LogP contribution is -2.04. The maximum absolute atomic E-state index is 8.20. The summed E-state index contributed by atoms with van der Waals surface area (Å²) in [4.78, 5) is 0. The molecule has 48 valence electrons. The zero-order chi connectivity index (χ0) is 6.24. The number of hydrogen-bond acceptors (Lipinski definition) is 2. The Balaban J connectivity index is 2.83. The van der Waals surface area contributed by atoms with Crippen LogP contribution in [0, 0.1) is 0 Å². The second-order valence-corrected chi connectivity index (χ2v) is 1.55. The predicted molar refractivity (Wildman–Crippen MR) is 34.3 cm³/mol. The molecule has 2 nitrogen and oxygen atoms in total. The summed E-state index contributed by atoms with van der Waals surface area (Å²) in [5.41, 5.74) is 0. The molecule has 0 bridgehead atoms. The molecule has 0 spiro atoms. The van der Waals surface area contributed by atoms with E-state index in [1.165, 1.54) is 0 Å². The Kier molecular flexibility index (Phi) is 6.09. The van der Waals surface area contributed by atoms with Gasteiger partial charge in [-0.15, -0.1) is 0 Å². The molecule has 8 heavy (non-hydrogen) atoms. The van der Waals surface area contributed by atoms with Gasteiger partial charge >= 0.3 is 0 Å². The highest BCUT2D eigenvalue weighted by Gasteiger charge is 1.69. The molecule has 0 aliphatic heterocycles. The second kappa shape index (κ2) is 6.50. The first-order valence-corrected chi connectivity index (χ1v) is 2.91. The SMILES string of the molecule is CCC/C=C/NCO. The summed E-state index contributed by atoms with van der Waals surface area (Å²) in [5.74, 6) is 0. The average molecular weight is 115 g/mol. The van der Waals surface area contributed by atoms with Crippen molar-refractivity contribution in [1.82, 2.24) is 5.32 Å². The maximum atomic E-state index is 8.20. The standard InChI is InChI=1S/C6H13NO/c1-2-3-4-5-7-6-8/h4-5,7-8H,2-3,6H2,1H3/b5-4+. The van der Waals surface area contributed by atoms with Gasteiger partial charge < -0.3 is 10.4 Å². The minimum Gasteiger partial charge on any atom is -0.377 e. The molecule has 0 aliphatic carbocycles. The van der Waals surface area contributed by atoms with E-state index in [4.69, 9.17) is 5.11 Å². The highest BCUT2D eigenvalue weighted by molar-refractivity contribution is 4.76. The van der Waals surface area contributed by atoms with E-state index in [1.807, 2.05) is 6.08 Å². The van der Waals surface area contributed by atoms with Crippen LogP contribution in [0.3, 0.4) is 0 Å². The van der Waals surface area contributed by atoms with Crippen molar-refractivity contribution in [2.75, 3.05) is 6.73 Å². The molecule has 0 aromatic carbocycles. The lowest BCUT2D eigenvalue weighted by atomic mass is 10.3. The highest BCUT2D eigenvalue weighted by Crippen LogP contribution is 1.84. The molecule has 0 heterocycles. The van der Waals surface area contributed by atoms with Crippen molar-refractivity contribution in [3.05, 3.63) is 12.3 Å². The van der Waals surface area contributed by atoms with Crippen LogP contribution in [0.1, 0.15) is 19.8 Å². The van der Waals surface area contributed by atoms with E-state index in [1.54, 1.807) is 6.20 Å². The Bertz CT molecular complexity index is 53.5. The number of aliphatic hydroxyl groups excluding tert-OH is 1. The van der Waals surface area contributed by atoms with Crippen LogP contribution in [-0.4, -0.2) is 11.8 Å². The molecule has 0 radical (unpaired) electrons.